The molecule has 2 heterocycles. The Labute approximate surface area is 232 Å². The van der Waals surface area contributed by atoms with Gasteiger partial charge in [-0.2, -0.15) is 10.2 Å². The minimum atomic E-state index is -0.981. The highest BCUT2D eigenvalue weighted by molar-refractivity contribution is 9.10. The number of anilines is 2. The highest BCUT2D eigenvalue weighted by atomic mass is 79.9. The molecule has 1 spiro atoms. The molecule has 2 aliphatic heterocycles. The lowest BCUT2D eigenvalue weighted by molar-refractivity contribution is -0.110. The Morgan fingerprint density at radius 1 is 0.811 bits per heavy atom. The third-order valence-electron chi connectivity index (χ3n) is 6.23. The number of fused-ring (bicyclic) bond motifs is 2. The lowest BCUT2D eigenvalue weighted by Crippen LogP contribution is -2.54. The van der Waals surface area contributed by atoms with Gasteiger partial charge in [-0.25, -0.2) is 10.0 Å². The summed E-state index contributed by atoms with van der Waals surface area (Å²) in [5.74, 6) is -0.103. The van der Waals surface area contributed by atoms with Gasteiger partial charge in [0.15, 0.2) is 10.8 Å². The van der Waals surface area contributed by atoms with Gasteiger partial charge < -0.3 is 0 Å². The van der Waals surface area contributed by atoms with Crippen LogP contribution in [0.5, 0.6) is 0 Å². The molecule has 2 aliphatic rings. The summed E-state index contributed by atoms with van der Waals surface area (Å²) in [6.07, 6.45) is 0. The Balaban J connectivity index is 1.66. The van der Waals surface area contributed by atoms with Crippen LogP contribution in [0.15, 0.2) is 118 Å². The van der Waals surface area contributed by atoms with Gasteiger partial charge in [-0.3, -0.25) is 4.79 Å². The third kappa shape index (κ3) is 4.07. The first-order valence-corrected chi connectivity index (χ1v) is 13.6. The standard InChI is InChI=1S/C29H20BrClN4OS/c1-19(36)28-33-35(24-17-15-22(31)16-18-24)29(37-28)26-10-6-5-9-25(26)27(20-11-13-21(30)14-12-20)32-34(29)23-7-3-2-4-8-23/h2-18H,1H3/t29-/m0/s1. The summed E-state index contributed by atoms with van der Waals surface area (Å²) in [6, 6.07) is 33.8. The second-order valence-corrected chi connectivity index (χ2v) is 11.1. The average molecular weight is 588 g/mol. The smallest absolute Gasteiger partial charge is 0.234 e. The van der Waals surface area contributed by atoms with Crippen molar-refractivity contribution in [1.82, 2.24) is 0 Å². The number of rotatable bonds is 4. The van der Waals surface area contributed by atoms with E-state index in [-0.39, 0.29) is 5.78 Å². The Morgan fingerprint density at radius 3 is 2.14 bits per heavy atom. The molecule has 0 saturated heterocycles. The maximum absolute atomic E-state index is 12.7. The molecule has 0 unspecified atom stereocenters. The SMILES string of the molecule is CC(=O)C1=NN(c2ccc(Cl)cc2)[C@]2(S1)c1ccccc1C(c1ccc(Br)cc1)=NN2c1ccccc1. The second-order valence-electron chi connectivity index (χ2n) is 8.61. The van der Waals surface area contributed by atoms with Gasteiger partial charge in [0, 0.05) is 33.1 Å². The van der Waals surface area contributed by atoms with Crippen molar-refractivity contribution in [3.05, 3.63) is 129 Å². The number of carbonyl (C=O) groups is 1. The molecule has 0 amide bonds. The summed E-state index contributed by atoms with van der Waals surface area (Å²) in [4.78, 5) is 11.7. The van der Waals surface area contributed by atoms with Crippen LogP contribution in [0.4, 0.5) is 11.4 Å². The van der Waals surface area contributed by atoms with E-state index in [0.29, 0.717) is 10.1 Å². The molecule has 5 nitrogen and oxygen atoms in total. The zero-order valence-corrected chi connectivity index (χ0v) is 22.8. The normalized spacial score (nSPS) is 18.5. The van der Waals surface area contributed by atoms with Crippen molar-refractivity contribution >= 4 is 67.2 Å². The molecule has 0 radical (unpaired) electrons. The molecule has 0 aromatic heterocycles. The number of hydrazone groups is 2. The van der Waals surface area contributed by atoms with Crippen molar-refractivity contribution in [1.29, 1.82) is 0 Å². The zero-order chi connectivity index (χ0) is 25.6. The van der Waals surface area contributed by atoms with E-state index in [9.17, 15) is 4.79 Å². The number of nitrogens with zero attached hydrogens (tertiary/aromatic N) is 4. The van der Waals surface area contributed by atoms with Gasteiger partial charge in [0.2, 0.25) is 4.99 Å². The van der Waals surface area contributed by atoms with Gasteiger partial charge in [-0.1, -0.05) is 82.1 Å². The van der Waals surface area contributed by atoms with Gasteiger partial charge in [0.1, 0.15) is 0 Å². The van der Waals surface area contributed by atoms with Crippen LogP contribution < -0.4 is 10.0 Å². The molecular weight excluding hydrogens is 568 g/mol. The highest BCUT2D eigenvalue weighted by Gasteiger charge is 2.55. The number of carbonyl (C=O) groups excluding carboxylic acids is 1. The van der Waals surface area contributed by atoms with E-state index in [1.807, 2.05) is 88.9 Å². The number of para-hydroxylation sites is 1. The number of hydrogen-bond acceptors (Lipinski definition) is 6. The minimum Gasteiger partial charge on any atom is -0.292 e. The lowest BCUT2D eigenvalue weighted by Gasteiger charge is -2.47. The van der Waals surface area contributed by atoms with E-state index in [1.165, 1.54) is 11.8 Å². The Kier molecular flexibility index (Phi) is 6.15. The van der Waals surface area contributed by atoms with Crippen molar-refractivity contribution in [3.8, 4) is 0 Å². The van der Waals surface area contributed by atoms with Gasteiger partial charge in [0.05, 0.1) is 17.1 Å². The number of ketones is 1. The number of halogens is 2. The molecule has 4 aromatic rings. The Hall–Kier alpha value is -3.39. The monoisotopic (exact) mass is 586 g/mol. The molecule has 4 aromatic carbocycles. The molecule has 8 heteroatoms. The second kappa shape index (κ2) is 9.49. The zero-order valence-electron chi connectivity index (χ0n) is 19.7. The molecule has 182 valence electrons. The fraction of sp³-hybridized carbons (Fsp3) is 0.0690. The Morgan fingerprint density at radius 2 is 1.43 bits per heavy atom. The van der Waals surface area contributed by atoms with E-state index in [2.05, 4.69) is 40.2 Å². The first kappa shape index (κ1) is 24.0. The van der Waals surface area contributed by atoms with E-state index in [4.69, 9.17) is 21.8 Å². The fourth-order valence-corrected chi connectivity index (χ4v) is 6.23. The molecule has 6 rings (SSSR count). The van der Waals surface area contributed by atoms with E-state index in [1.54, 1.807) is 6.92 Å². The van der Waals surface area contributed by atoms with Crippen molar-refractivity contribution in [2.45, 2.75) is 11.9 Å². The van der Waals surface area contributed by atoms with Crippen LogP contribution in [-0.2, 0) is 9.79 Å². The molecular formula is C29H20BrClN4OS. The van der Waals surface area contributed by atoms with E-state index >= 15 is 0 Å². The van der Waals surface area contributed by atoms with Gasteiger partial charge in [-0.15, -0.1) is 0 Å². The van der Waals surface area contributed by atoms with Crippen molar-refractivity contribution in [2.75, 3.05) is 10.0 Å². The van der Waals surface area contributed by atoms with E-state index < -0.39 is 4.99 Å². The molecule has 1 atom stereocenters. The maximum Gasteiger partial charge on any atom is 0.234 e. The molecule has 0 saturated carbocycles. The third-order valence-corrected chi connectivity index (χ3v) is 8.42. The number of thioether (sulfide) groups is 1. The van der Waals surface area contributed by atoms with E-state index in [0.717, 1.165) is 38.2 Å². The van der Waals surface area contributed by atoms with Gasteiger partial charge in [0.25, 0.3) is 0 Å². The summed E-state index contributed by atoms with van der Waals surface area (Å²) in [5.41, 5.74) is 5.45. The predicted octanol–water partition coefficient (Wildman–Crippen LogP) is 7.64. The fourth-order valence-electron chi connectivity index (χ4n) is 4.55. The molecule has 0 fully saturated rings. The summed E-state index contributed by atoms with van der Waals surface area (Å²) in [6.45, 7) is 1.54. The van der Waals surface area contributed by atoms with Crippen LogP contribution in [0, 0.1) is 0 Å². The predicted molar refractivity (Wildman–Crippen MR) is 156 cm³/mol. The van der Waals surface area contributed by atoms with Crippen LogP contribution in [0.2, 0.25) is 5.02 Å². The number of Topliss-reactive ketones (excluding diaryl/α,β-unsaturated/α-hetero) is 1. The average Bonchev–Trinajstić information content (AvgIpc) is 3.32. The van der Waals surface area contributed by atoms with Crippen molar-refractivity contribution in [3.63, 3.8) is 0 Å². The topological polar surface area (TPSA) is 48.3 Å². The van der Waals surface area contributed by atoms with Crippen molar-refractivity contribution < 1.29 is 4.79 Å². The van der Waals surface area contributed by atoms with Gasteiger partial charge >= 0.3 is 0 Å². The maximum atomic E-state index is 12.7. The summed E-state index contributed by atoms with van der Waals surface area (Å²) in [5, 5.41) is 15.0. The molecule has 0 N–H and O–H groups in total. The van der Waals surface area contributed by atoms with Crippen molar-refractivity contribution in [2.24, 2.45) is 10.2 Å². The first-order valence-electron chi connectivity index (χ1n) is 11.6. The minimum absolute atomic E-state index is 0.103. The van der Waals surface area contributed by atoms with Crippen LogP contribution in [0.25, 0.3) is 0 Å². The van der Waals surface area contributed by atoms with Crippen LogP contribution in [0.1, 0.15) is 23.6 Å². The quantitative estimate of drug-likeness (QED) is 0.246. The van der Waals surface area contributed by atoms with Gasteiger partial charge in [-0.05, 0) is 60.3 Å². The summed E-state index contributed by atoms with van der Waals surface area (Å²) in [7, 11) is 0. The highest BCUT2D eigenvalue weighted by Crippen LogP contribution is 2.55. The van der Waals surface area contributed by atoms with Crippen LogP contribution in [-0.4, -0.2) is 16.5 Å². The number of benzene rings is 4. The van der Waals surface area contributed by atoms with Crippen LogP contribution >= 0.6 is 39.3 Å². The first-order chi connectivity index (χ1) is 18.0. The summed E-state index contributed by atoms with van der Waals surface area (Å²) >= 11 is 11.2. The number of hydrogen-bond donors (Lipinski definition) is 0. The van der Waals surface area contributed by atoms with Crippen LogP contribution in [0.3, 0.4) is 0 Å². The molecule has 37 heavy (non-hydrogen) atoms. The summed E-state index contributed by atoms with van der Waals surface area (Å²) < 4.78 is 0.997. The Bertz CT molecular complexity index is 1560. The largest absolute Gasteiger partial charge is 0.292 e. The molecule has 0 bridgehead atoms. The molecule has 0 aliphatic carbocycles. The lowest BCUT2D eigenvalue weighted by atomic mass is 9.93.